The van der Waals surface area contributed by atoms with Gasteiger partial charge in [0.15, 0.2) is 0 Å². The molecule has 16 heavy (non-hydrogen) atoms. The highest BCUT2D eigenvalue weighted by Gasteiger charge is 1.99. The van der Waals surface area contributed by atoms with Crippen LogP contribution in [0.25, 0.3) is 11.3 Å². The van der Waals surface area contributed by atoms with E-state index in [0.717, 1.165) is 16.8 Å². The highest BCUT2D eigenvalue weighted by Crippen LogP contribution is 2.15. The van der Waals surface area contributed by atoms with Crippen LogP contribution in [0.5, 0.6) is 0 Å². The molecule has 0 bridgehead atoms. The Balaban J connectivity index is 2.36. The van der Waals surface area contributed by atoms with Gasteiger partial charge >= 0.3 is 0 Å². The smallest absolute Gasteiger partial charge is 0.112 e. The molecule has 0 fully saturated rings. The third-order valence-corrected chi connectivity index (χ3v) is 2.14. The lowest BCUT2D eigenvalue weighted by Gasteiger charge is -2.00. The summed E-state index contributed by atoms with van der Waals surface area (Å²) in [6.45, 7) is 0. The van der Waals surface area contributed by atoms with Gasteiger partial charge in [0.05, 0.1) is 5.69 Å². The molecule has 0 N–H and O–H groups in total. The topological polar surface area (TPSA) is 25.8 Å². The average Bonchev–Trinajstić information content (AvgIpc) is 2.39. The molecule has 0 amide bonds. The van der Waals surface area contributed by atoms with E-state index in [1.807, 2.05) is 18.2 Å². The van der Waals surface area contributed by atoms with Crippen LogP contribution < -0.4 is 0 Å². The number of hydrogen-bond acceptors (Lipinski definition) is 2. The van der Waals surface area contributed by atoms with E-state index in [0.29, 0.717) is 5.69 Å². The molecule has 0 aromatic carbocycles. The van der Waals surface area contributed by atoms with Crippen molar-refractivity contribution in [1.29, 1.82) is 0 Å². The van der Waals surface area contributed by atoms with Crippen molar-refractivity contribution in [3.8, 4) is 35.9 Å². The minimum Gasteiger partial charge on any atom is -0.255 e. The molecule has 74 valence electrons. The Labute approximate surface area is 94.4 Å². The molecule has 0 saturated heterocycles. The molecule has 0 saturated carbocycles. The number of rotatable bonds is 1. The number of hydrogen-bond donors (Lipinski definition) is 0. The number of pyridine rings is 2. The van der Waals surface area contributed by atoms with Crippen molar-refractivity contribution in [3.63, 3.8) is 0 Å². The summed E-state index contributed by atoms with van der Waals surface area (Å²) in [5.74, 6) is 4.99. The molecule has 0 aliphatic carbocycles. The predicted molar refractivity (Wildman–Crippen MR) is 63.3 cm³/mol. The van der Waals surface area contributed by atoms with Gasteiger partial charge in [-0.2, -0.15) is 0 Å². The van der Waals surface area contributed by atoms with E-state index in [2.05, 4.69) is 21.8 Å². The summed E-state index contributed by atoms with van der Waals surface area (Å²) in [7, 11) is 0. The van der Waals surface area contributed by atoms with E-state index in [4.69, 9.17) is 12.8 Å². The van der Waals surface area contributed by atoms with Crippen molar-refractivity contribution >= 4 is 0 Å². The van der Waals surface area contributed by atoms with Crippen LogP contribution in [0.4, 0.5) is 0 Å². The maximum Gasteiger partial charge on any atom is 0.112 e. The molecular weight excluding hydrogens is 196 g/mol. The van der Waals surface area contributed by atoms with Crippen LogP contribution in [-0.4, -0.2) is 9.97 Å². The van der Waals surface area contributed by atoms with E-state index in [1.165, 1.54) is 0 Å². The fraction of sp³-hybridized carbons (Fsp3) is 0. The molecule has 0 aliphatic heterocycles. The lowest BCUT2D eigenvalue weighted by Crippen LogP contribution is -1.87. The van der Waals surface area contributed by atoms with Crippen LogP contribution in [0, 0.1) is 24.7 Å². The number of terminal acetylenes is 2. The van der Waals surface area contributed by atoms with Gasteiger partial charge in [-0.1, -0.05) is 11.8 Å². The molecule has 2 nitrogen and oxygen atoms in total. The van der Waals surface area contributed by atoms with E-state index in [1.54, 1.807) is 18.5 Å². The summed E-state index contributed by atoms with van der Waals surface area (Å²) in [5, 5.41) is 0. The fourth-order valence-corrected chi connectivity index (χ4v) is 1.28. The zero-order valence-corrected chi connectivity index (χ0v) is 8.51. The predicted octanol–water partition coefficient (Wildman–Crippen LogP) is 2.11. The van der Waals surface area contributed by atoms with Crippen molar-refractivity contribution in [2.24, 2.45) is 0 Å². The Morgan fingerprint density at radius 1 is 0.875 bits per heavy atom. The highest BCUT2D eigenvalue weighted by molar-refractivity contribution is 5.58. The summed E-state index contributed by atoms with van der Waals surface area (Å²) >= 11 is 0. The Bertz CT molecular complexity index is 511. The number of aromatic nitrogens is 2. The van der Waals surface area contributed by atoms with Crippen LogP contribution in [-0.2, 0) is 0 Å². The van der Waals surface area contributed by atoms with Gasteiger partial charge in [-0.05, 0) is 24.3 Å². The lowest BCUT2D eigenvalue weighted by molar-refractivity contribution is 1.25. The summed E-state index contributed by atoms with van der Waals surface area (Å²) < 4.78 is 0. The molecule has 2 aromatic heterocycles. The molecule has 0 aliphatic rings. The minimum atomic E-state index is 0.615. The fourth-order valence-electron chi connectivity index (χ4n) is 1.28. The van der Waals surface area contributed by atoms with Gasteiger partial charge in [0, 0.05) is 23.5 Å². The van der Waals surface area contributed by atoms with Gasteiger partial charge in [-0.15, -0.1) is 12.8 Å². The van der Waals surface area contributed by atoms with E-state index in [-0.39, 0.29) is 0 Å². The van der Waals surface area contributed by atoms with Crippen LogP contribution in [0.1, 0.15) is 11.3 Å². The minimum absolute atomic E-state index is 0.615. The summed E-state index contributed by atoms with van der Waals surface area (Å²) in [6, 6.07) is 7.38. The van der Waals surface area contributed by atoms with Crippen LogP contribution in [0.3, 0.4) is 0 Å². The maximum absolute atomic E-state index is 5.25. The quantitative estimate of drug-likeness (QED) is 0.665. The monoisotopic (exact) mass is 204 g/mol. The maximum atomic E-state index is 5.25. The van der Waals surface area contributed by atoms with Gasteiger partial charge in [-0.3, -0.25) is 4.98 Å². The SMILES string of the molecule is C#Cc1ccc(-c2ccc(C#C)nc2)nc1. The normalized spacial score (nSPS) is 9.12. The van der Waals surface area contributed by atoms with Gasteiger partial charge < -0.3 is 0 Å². The number of nitrogens with zero attached hydrogens (tertiary/aromatic N) is 2. The second-order valence-electron chi connectivity index (χ2n) is 3.15. The first-order valence-corrected chi connectivity index (χ1v) is 4.69. The Morgan fingerprint density at radius 3 is 2.25 bits per heavy atom. The Kier molecular flexibility index (Phi) is 2.67. The van der Waals surface area contributed by atoms with Gasteiger partial charge in [0.1, 0.15) is 5.69 Å². The van der Waals surface area contributed by atoms with E-state index < -0.39 is 0 Å². The first-order valence-electron chi connectivity index (χ1n) is 4.69. The molecule has 2 rings (SSSR count). The van der Waals surface area contributed by atoms with E-state index >= 15 is 0 Å². The molecule has 0 unspecified atom stereocenters. The third kappa shape index (κ3) is 1.92. The van der Waals surface area contributed by atoms with Gasteiger partial charge in [0.2, 0.25) is 0 Å². The summed E-state index contributed by atoms with van der Waals surface area (Å²) in [6.07, 6.45) is 13.8. The molecule has 2 heteroatoms. The second-order valence-corrected chi connectivity index (χ2v) is 3.15. The highest BCUT2D eigenvalue weighted by atomic mass is 14.7. The Morgan fingerprint density at radius 2 is 1.75 bits per heavy atom. The van der Waals surface area contributed by atoms with Crippen LogP contribution in [0.2, 0.25) is 0 Å². The van der Waals surface area contributed by atoms with Crippen molar-refractivity contribution in [3.05, 3.63) is 47.9 Å². The lowest BCUT2D eigenvalue weighted by atomic mass is 10.1. The largest absolute Gasteiger partial charge is 0.255 e. The van der Waals surface area contributed by atoms with Crippen molar-refractivity contribution in [2.75, 3.05) is 0 Å². The van der Waals surface area contributed by atoms with E-state index in [9.17, 15) is 0 Å². The molecule has 0 spiro atoms. The van der Waals surface area contributed by atoms with Gasteiger partial charge in [0.25, 0.3) is 0 Å². The van der Waals surface area contributed by atoms with Crippen molar-refractivity contribution in [1.82, 2.24) is 9.97 Å². The van der Waals surface area contributed by atoms with Gasteiger partial charge in [-0.25, -0.2) is 4.98 Å². The van der Waals surface area contributed by atoms with Crippen molar-refractivity contribution in [2.45, 2.75) is 0 Å². The molecule has 2 heterocycles. The van der Waals surface area contributed by atoms with Crippen molar-refractivity contribution < 1.29 is 0 Å². The first-order chi connectivity index (χ1) is 7.83. The third-order valence-electron chi connectivity index (χ3n) is 2.14. The average molecular weight is 204 g/mol. The standard InChI is InChI=1S/C14H8N2/c1-3-11-5-8-14(16-9-11)12-6-7-13(4-2)15-10-12/h1-2,5-10H. The zero-order chi connectivity index (χ0) is 11.4. The summed E-state index contributed by atoms with van der Waals surface area (Å²) in [4.78, 5) is 8.34. The Hall–Kier alpha value is -2.58. The molecule has 0 radical (unpaired) electrons. The van der Waals surface area contributed by atoms with Crippen LogP contribution in [0.15, 0.2) is 36.7 Å². The first kappa shape index (κ1) is 9.96. The summed E-state index contributed by atoms with van der Waals surface area (Å²) in [5.41, 5.74) is 3.12. The molecule has 2 aromatic rings. The van der Waals surface area contributed by atoms with Crippen LogP contribution >= 0.6 is 0 Å². The zero-order valence-electron chi connectivity index (χ0n) is 8.51. The molecular formula is C14H8N2. The molecule has 0 atom stereocenters. The second kappa shape index (κ2) is 4.29.